The van der Waals surface area contributed by atoms with E-state index in [1.54, 1.807) is 25.1 Å². The van der Waals surface area contributed by atoms with Crippen LogP contribution >= 0.6 is 23.4 Å². The Labute approximate surface area is 105 Å². The second-order valence-corrected chi connectivity index (χ2v) is 5.09. The fourth-order valence-electron chi connectivity index (χ4n) is 1.42. The number of nitrogens with two attached hydrogens (primary N) is 1. The molecule has 0 saturated carbocycles. The van der Waals surface area contributed by atoms with Gasteiger partial charge in [0.25, 0.3) is 0 Å². The average molecular weight is 264 g/mol. The van der Waals surface area contributed by atoms with Crippen molar-refractivity contribution in [2.24, 2.45) is 5.73 Å². The van der Waals surface area contributed by atoms with E-state index in [4.69, 9.17) is 22.1 Å². The van der Waals surface area contributed by atoms with Gasteiger partial charge >= 0.3 is 0 Å². The van der Waals surface area contributed by atoms with Gasteiger partial charge in [0.1, 0.15) is 0 Å². The van der Waals surface area contributed by atoms with Crippen molar-refractivity contribution in [2.45, 2.75) is 19.5 Å². The number of hydrogen-bond acceptors (Lipinski definition) is 4. The summed E-state index contributed by atoms with van der Waals surface area (Å²) in [4.78, 5) is 0. The molecule has 4 nitrogen and oxygen atoms in total. The van der Waals surface area contributed by atoms with Crippen LogP contribution in [0.1, 0.15) is 18.7 Å². The second kappa shape index (κ2) is 7.17. The van der Waals surface area contributed by atoms with Crippen LogP contribution in [0.4, 0.5) is 0 Å². The van der Waals surface area contributed by atoms with E-state index in [9.17, 15) is 0 Å². The highest BCUT2D eigenvalue weighted by Crippen LogP contribution is 2.23. The third-order valence-corrected chi connectivity index (χ3v) is 3.49. The first-order chi connectivity index (χ1) is 7.70. The van der Waals surface area contributed by atoms with Gasteiger partial charge in [-0.25, -0.2) is 0 Å². The molecule has 0 saturated heterocycles. The first-order valence-corrected chi connectivity index (χ1v) is 6.77. The molecule has 0 amide bonds. The van der Waals surface area contributed by atoms with Crippen LogP contribution in [-0.4, -0.2) is 35.0 Å². The molecule has 6 heteroatoms. The largest absolute Gasteiger partial charge is 0.383 e. The number of halogens is 1. The van der Waals surface area contributed by atoms with Crippen LogP contribution in [0.2, 0.25) is 5.02 Å². The first-order valence-electron chi connectivity index (χ1n) is 5.24. The minimum Gasteiger partial charge on any atom is -0.383 e. The standard InChI is InChI=1S/C10H18ClN3OS/c1-3-16-7-9(12)10-8(11)6-13-14(10)4-5-15-2/h6,9H,3-5,7,12H2,1-2H3. The zero-order chi connectivity index (χ0) is 12.0. The lowest BCUT2D eigenvalue weighted by Crippen LogP contribution is -2.20. The Morgan fingerprint density at radius 1 is 1.69 bits per heavy atom. The molecule has 0 radical (unpaired) electrons. The fourth-order valence-corrected chi connectivity index (χ4v) is 2.35. The van der Waals surface area contributed by atoms with Gasteiger partial charge < -0.3 is 10.5 Å². The summed E-state index contributed by atoms with van der Waals surface area (Å²) < 4.78 is 6.85. The van der Waals surface area contributed by atoms with Gasteiger partial charge in [-0.15, -0.1) is 0 Å². The van der Waals surface area contributed by atoms with Gasteiger partial charge in [-0.3, -0.25) is 4.68 Å². The highest BCUT2D eigenvalue weighted by Gasteiger charge is 2.16. The smallest absolute Gasteiger partial charge is 0.0834 e. The van der Waals surface area contributed by atoms with E-state index < -0.39 is 0 Å². The third kappa shape index (κ3) is 3.66. The summed E-state index contributed by atoms with van der Waals surface area (Å²) in [5.41, 5.74) is 6.99. The Hall–Kier alpha value is -0.230. The van der Waals surface area contributed by atoms with E-state index in [0.717, 1.165) is 17.2 Å². The second-order valence-electron chi connectivity index (χ2n) is 3.36. The summed E-state index contributed by atoms with van der Waals surface area (Å²) in [6.45, 7) is 3.41. The average Bonchev–Trinajstić information content (AvgIpc) is 2.64. The van der Waals surface area contributed by atoms with Gasteiger partial charge in [-0.1, -0.05) is 18.5 Å². The van der Waals surface area contributed by atoms with Crippen molar-refractivity contribution < 1.29 is 4.74 Å². The van der Waals surface area contributed by atoms with Crippen molar-refractivity contribution in [3.8, 4) is 0 Å². The molecular weight excluding hydrogens is 246 g/mol. The maximum atomic E-state index is 6.09. The molecule has 1 aromatic rings. The number of thioether (sulfide) groups is 1. The van der Waals surface area contributed by atoms with Crippen LogP contribution in [0.15, 0.2) is 6.20 Å². The van der Waals surface area contributed by atoms with Crippen molar-refractivity contribution in [3.63, 3.8) is 0 Å². The fraction of sp³-hybridized carbons (Fsp3) is 0.700. The quantitative estimate of drug-likeness (QED) is 0.817. The Balaban J connectivity index is 2.71. The van der Waals surface area contributed by atoms with Gasteiger partial charge in [0.05, 0.1) is 36.1 Å². The van der Waals surface area contributed by atoms with Crippen molar-refractivity contribution in [3.05, 3.63) is 16.9 Å². The Bertz CT molecular complexity index is 319. The zero-order valence-corrected chi connectivity index (χ0v) is 11.2. The molecule has 1 rings (SSSR count). The Morgan fingerprint density at radius 3 is 3.06 bits per heavy atom. The maximum Gasteiger partial charge on any atom is 0.0834 e. The first kappa shape index (κ1) is 13.8. The van der Waals surface area contributed by atoms with Crippen molar-refractivity contribution in [1.82, 2.24) is 9.78 Å². The lowest BCUT2D eigenvalue weighted by atomic mass is 10.2. The molecule has 0 spiro atoms. The van der Waals surface area contributed by atoms with Gasteiger partial charge in [0.15, 0.2) is 0 Å². The summed E-state index contributed by atoms with van der Waals surface area (Å²) in [5, 5.41) is 4.84. The minimum atomic E-state index is -0.0724. The van der Waals surface area contributed by atoms with Crippen LogP contribution < -0.4 is 5.73 Å². The topological polar surface area (TPSA) is 53.1 Å². The normalized spacial score (nSPS) is 13.0. The molecule has 1 aromatic heterocycles. The lowest BCUT2D eigenvalue weighted by Gasteiger charge is -2.14. The molecule has 92 valence electrons. The van der Waals surface area contributed by atoms with Crippen LogP contribution in [0, 0.1) is 0 Å². The Morgan fingerprint density at radius 2 is 2.44 bits per heavy atom. The predicted octanol–water partition coefficient (Wildman–Crippen LogP) is 1.94. The van der Waals surface area contributed by atoms with Gasteiger partial charge in [-0.2, -0.15) is 16.9 Å². The molecule has 2 N–H and O–H groups in total. The van der Waals surface area contributed by atoms with E-state index in [1.165, 1.54) is 0 Å². The Kier molecular flexibility index (Phi) is 6.20. The monoisotopic (exact) mass is 263 g/mol. The van der Waals surface area contributed by atoms with Gasteiger partial charge in [0, 0.05) is 12.9 Å². The molecule has 0 aliphatic heterocycles. The zero-order valence-electron chi connectivity index (χ0n) is 9.65. The van der Waals surface area contributed by atoms with E-state index in [-0.39, 0.29) is 6.04 Å². The summed E-state index contributed by atoms with van der Waals surface area (Å²) in [6, 6.07) is -0.0724. The molecule has 1 unspecified atom stereocenters. The van der Waals surface area contributed by atoms with E-state index in [2.05, 4.69) is 12.0 Å². The number of nitrogens with zero attached hydrogens (tertiary/aromatic N) is 2. The molecule has 0 fully saturated rings. The molecule has 0 aliphatic rings. The van der Waals surface area contributed by atoms with E-state index >= 15 is 0 Å². The SMILES string of the molecule is CCSCC(N)c1c(Cl)cnn1CCOC. The van der Waals surface area contributed by atoms with Crippen molar-refractivity contribution in [1.29, 1.82) is 0 Å². The number of aromatic nitrogens is 2. The summed E-state index contributed by atoms with van der Waals surface area (Å²) in [6.07, 6.45) is 1.64. The highest BCUT2D eigenvalue weighted by molar-refractivity contribution is 7.99. The van der Waals surface area contributed by atoms with E-state index in [1.807, 2.05) is 4.68 Å². The molecule has 0 aliphatic carbocycles. The van der Waals surface area contributed by atoms with Crippen molar-refractivity contribution >= 4 is 23.4 Å². The highest BCUT2D eigenvalue weighted by atomic mass is 35.5. The summed E-state index contributed by atoms with van der Waals surface area (Å²) in [5.74, 6) is 1.91. The number of rotatable bonds is 7. The maximum absolute atomic E-state index is 6.09. The third-order valence-electron chi connectivity index (χ3n) is 2.19. The van der Waals surface area contributed by atoms with Gasteiger partial charge in [0.2, 0.25) is 0 Å². The minimum absolute atomic E-state index is 0.0724. The number of methoxy groups -OCH3 is 1. The number of ether oxygens (including phenoxy) is 1. The van der Waals surface area contributed by atoms with Crippen LogP contribution in [-0.2, 0) is 11.3 Å². The van der Waals surface area contributed by atoms with Crippen LogP contribution in [0.25, 0.3) is 0 Å². The summed E-state index contributed by atoms with van der Waals surface area (Å²) >= 11 is 7.88. The lowest BCUT2D eigenvalue weighted by molar-refractivity contribution is 0.182. The molecular formula is C10H18ClN3OS. The molecule has 1 atom stereocenters. The molecule has 1 heterocycles. The molecule has 0 aromatic carbocycles. The number of hydrogen-bond donors (Lipinski definition) is 1. The molecule has 16 heavy (non-hydrogen) atoms. The van der Waals surface area contributed by atoms with Crippen molar-refractivity contribution in [2.75, 3.05) is 25.2 Å². The van der Waals surface area contributed by atoms with E-state index in [0.29, 0.717) is 18.2 Å². The van der Waals surface area contributed by atoms with Crippen LogP contribution in [0.3, 0.4) is 0 Å². The predicted molar refractivity (Wildman–Crippen MR) is 69.0 cm³/mol. The van der Waals surface area contributed by atoms with Crippen LogP contribution in [0.5, 0.6) is 0 Å². The molecule has 0 bridgehead atoms. The summed E-state index contributed by atoms with van der Waals surface area (Å²) in [7, 11) is 1.66. The van der Waals surface area contributed by atoms with Gasteiger partial charge in [-0.05, 0) is 5.75 Å².